The van der Waals surface area contributed by atoms with Gasteiger partial charge >= 0.3 is 0 Å². The van der Waals surface area contributed by atoms with Crippen LogP contribution >= 0.6 is 15.9 Å². The summed E-state index contributed by atoms with van der Waals surface area (Å²) in [6, 6.07) is 17.5. The average molecular weight is 348 g/mol. The smallest absolute Gasteiger partial charge is 0.127 e. The van der Waals surface area contributed by atoms with E-state index in [1.165, 1.54) is 0 Å². The van der Waals surface area contributed by atoms with E-state index >= 15 is 0 Å². The molecular weight excluding hydrogens is 330 g/mol. The summed E-state index contributed by atoms with van der Waals surface area (Å²) < 4.78 is 5.76. The van der Waals surface area contributed by atoms with E-state index in [2.05, 4.69) is 28.0 Å². The molecule has 2 aromatic carbocycles. The first kappa shape index (κ1) is 15.6. The van der Waals surface area contributed by atoms with Crippen molar-refractivity contribution in [1.82, 2.24) is 0 Å². The van der Waals surface area contributed by atoms with E-state index in [1.807, 2.05) is 54.6 Å². The molecule has 0 aliphatic heterocycles. The van der Waals surface area contributed by atoms with Crippen molar-refractivity contribution < 1.29 is 9.57 Å². The highest BCUT2D eigenvalue weighted by atomic mass is 79.9. The summed E-state index contributed by atoms with van der Waals surface area (Å²) >= 11 is 3.43. The fraction of sp³-hybridized carbons (Fsp3) is 0.235. The molecule has 0 heterocycles. The van der Waals surface area contributed by atoms with Gasteiger partial charge in [-0.05, 0) is 42.8 Å². The topological polar surface area (TPSA) is 30.8 Å². The highest BCUT2D eigenvalue weighted by Gasteiger charge is 2.04. The monoisotopic (exact) mass is 347 g/mol. The van der Waals surface area contributed by atoms with Gasteiger partial charge in [0.25, 0.3) is 0 Å². The van der Waals surface area contributed by atoms with Crippen LogP contribution in [0.1, 0.15) is 18.9 Å². The second-order valence-corrected chi connectivity index (χ2v) is 5.01. The SMILES string of the molecule is CCCO/N=C(\CBr)c1ccc(Oc2ccccc2)cc1. The first-order chi connectivity index (χ1) is 10.3. The van der Waals surface area contributed by atoms with Crippen LogP contribution in [0.25, 0.3) is 0 Å². The van der Waals surface area contributed by atoms with Gasteiger partial charge in [0.1, 0.15) is 18.1 Å². The van der Waals surface area contributed by atoms with Gasteiger partial charge < -0.3 is 9.57 Å². The number of nitrogens with zero attached hydrogens (tertiary/aromatic N) is 1. The standard InChI is InChI=1S/C17H18BrNO2/c1-2-12-20-19-17(13-18)14-8-10-16(11-9-14)21-15-6-4-3-5-7-15/h3-11H,2,12-13H2,1H3/b19-17+. The average Bonchev–Trinajstić information content (AvgIpc) is 2.54. The zero-order chi connectivity index (χ0) is 14.9. The first-order valence-electron chi connectivity index (χ1n) is 6.91. The number of oxime groups is 1. The van der Waals surface area contributed by atoms with Crippen molar-refractivity contribution >= 4 is 21.6 Å². The molecule has 0 spiro atoms. The molecule has 0 aliphatic carbocycles. The molecule has 3 nitrogen and oxygen atoms in total. The van der Waals surface area contributed by atoms with Crippen molar-refractivity contribution in [1.29, 1.82) is 0 Å². The van der Waals surface area contributed by atoms with Gasteiger partial charge in [-0.15, -0.1) is 0 Å². The summed E-state index contributed by atoms with van der Waals surface area (Å²) in [6.45, 7) is 2.69. The van der Waals surface area contributed by atoms with E-state index in [-0.39, 0.29) is 0 Å². The van der Waals surface area contributed by atoms with Crippen LogP contribution in [-0.2, 0) is 4.84 Å². The predicted octanol–water partition coefficient (Wildman–Crippen LogP) is 5.00. The molecular formula is C17H18BrNO2. The predicted molar refractivity (Wildman–Crippen MR) is 89.5 cm³/mol. The minimum atomic E-state index is 0.631. The quantitative estimate of drug-likeness (QED) is 0.305. The van der Waals surface area contributed by atoms with E-state index in [9.17, 15) is 0 Å². The number of rotatable bonds is 7. The van der Waals surface area contributed by atoms with Crippen LogP contribution in [0.5, 0.6) is 11.5 Å². The van der Waals surface area contributed by atoms with Gasteiger partial charge in [0, 0.05) is 10.9 Å². The molecule has 21 heavy (non-hydrogen) atoms. The van der Waals surface area contributed by atoms with Gasteiger partial charge in [-0.1, -0.05) is 46.2 Å². The lowest BCUT2D eigenvalue weighted by atomic mass is 10.1. The maximum atomic E-state index is 5.76. The Morgan fingerprint density at radius 3 is 2.29 bits per heavy atom. The number of alkyl halides is 1. The Morgan fingerprint density at radius 2 is 1.67 bits per heavy atom. The molecule has 0 radical (unpaired) electrons. The molecule has 0 fully saturated rings. The Labute approximate surface area is 133 Å². The van der Waals surface area contributed by atoms with Gasteiger partial charge in [0.05, 0.1) is 5.71 Å². The number of benzene rings is 2. The second-order valence-electron chi connectivity index (χ2n) is 4.44. The minimum Gasteiger partial charge on any atom is -0.457 e. The Kier molecular flexibility index (Phi) is 6.28. The van der Waals surface area contributed by atoms with Gasteiger partial charge in [-0.25, -0.2) is 0 Å². The molecule has 0 unspecified atom stereocenters. The molecule has 0 saturated carbocycles. The Morgan fingerprint density at radius 1 is 1.00 bits per heavy atom. The van der Waals surface area contributed by atoms with Gasteiger partial charge in [0.15, 0.2) is 0 Å². The molecule has 4 heteroatoms. The van der Waals surface area contributed by atoms with E-state index in [0.717, 1.165) is 29.2 Å². The molecule has 0 atom stereocenters. The van der Waals surface area contributed by atoms with Crippen LogP contribution in [0.15, 0.2) is 59.8 Å². The zero-order valence-electron chi connectivity index (χ0n) is 12.0. The van der Waals surface area contributed by atoms with E-state index in [1.54, 1.807) is 0 Å². The Balaban J connectivity index is 2.05. The van der Waals surface area contributed by atoms with E-state index < -0.39 is 0 Å². The van der Waals surface area contributed by atoms with Crippen molar-refractivity contribution in [3.63, 3.8) is 0 Å². The third-order valence-electron chi connectivity index (χ3n) is 2.76. The minimum absolute atomic E-state index is 0.631. The van der Waals surface area contributed by atoms with E-state index in [0.29, 0.717) is 11.9 Å². The second kappa shape index (κ2) is 8.47. The molecule has 0 bridgehead atoms. The molecule has 0 amide bonds. The lowest BCUT2D eigenvalue weighted by molar-refractivity contribution is 0.145. The summed E-state index contributed by atoms with van der Waals surface area (Å²) in [7, 11) is 0. The molecule has 0 aliphatic rings. The van der Waals surface area contributed by atoms with Gasteiger partial charge in [0.2, 0.25) is 0 Å². The first-order valence-corrected chi connectivity index (χ1v) is 8.03. The largest absolute Gasteiger partial charge is 0.457 e. The number of para-hydroxylation sites is 1. The van der Waals surface area contributed by atoms with Crippen LogP contribution in [0.2, 0.25) is 0 Å². The van der Waals surface area contributed by atoms with Gasteiger partial charge in [-0.2, -0.15) is 0 Å². The normalized spacial score (nSPS) is 11.2. The van der Waals surface area contributed by atoms with Crippen LogP contribution in [0.4, 0.5) is 0 Å². The van der Waals surface area contributed by atoms with Crippen molar-refractivity contribution in [2.75, 3.05) is 11.9 Å². The maximum absolute atomic E-state index is 5.76. The maximum Gasteiger partial charge on any atom is 0.127 e. The van der Waals surface area contributed by atoms with Crippen LogP contribution in [-0.4, -0.2) is 17.6 Å². The fourth-order valence-electron chi connectivity index (χ4n) is 1.71. The van der Waals surface area contributed by atoms with E-state index in [4.69, 9.17) is 9.57 Å². The number of halogens is 1. The molecule has 2 rings (SSSR count). The Hall–Kier alpha value is -1.81. The molecule has 0 aromatic heterocycles. The van der Waals surface area contributed by atoms with Gasteiger partial charge in [-0.3, -0.25) is 0 Å². The Bertz CT molecular complexity index is 567. The third kappa shape index (κ3) is 4.90. The summed E-state index contributed by atoms with van der Waals surface area (Å²) in [6.07, 6.45) is 0.947. The summed E-state index contributed by atoms with van der Waals surface area (Å²) in [5, 5.41) is 4.79. The van der Waals surface area contributed by atoms with Crippen molar-refractivity contribution in [3.8, 4) is 11.5 Å². The van der Waals surface area contributed by atoms with Crippen molar-refractivity contribution in [2.45, 2.75) is 13.3 Å². The van der Waals surface area contributed by atoms with Crippen LogP contribution in [0.3, 0.4) is 0 Å². The lowest BCUT2D eigenvalue weighted by Crippen LogP contribution is -2.03. The highest BCUT2D eigenvalue weighted by molar-refractivity contribution is 9.09. The molecule has 0 N–H and O–H groups in total. The van der Waals surface area contributed by atoms with Crippen molar-refractivity contribution in [3.05, 3.63) is 60.2 Å². The number of ether oxygens (including phenoxy) is 1. The number of hydrogen-bond acceptors (Lipinski definition) is 3. The molecule has 0 saturated heterocycles. The van der Waals surface area contributed by atoms with Crippen LogP contribution < -0.4 is 4.74 Å². The fourth-order valence-corrected chi connectivity index (χ4v) is 2.14. The zero-order valence-corrected chi connectivity index (χ0v) is 13.5. The summed E-state index contributed by atoms with van der Waals surface area (Å²) in [5.74, 6) is 1.62. The highest BCUT2D eigenvalue weighted by Crippen LogP contribution is 2.21. The van der Waals surface area contributed by atoms with Crippen molar-refractivity contribution in [2.24, 2.45) is 5.16 Å². The summed E-state index contributed by atoms with van der Waals surface area (Å²) in [5.41, 5.74) is 1.89. The third-order valence-corrected chi connectivity index (χ3v) is 3.29. The molecule has 110 valence electrons. The summed E-state index contributed by atoms with van der Waals surface area (Å²) in [4.78, 5) is 5.24. The number of hydrogen-bond donors (Lipinski definition) is 0. The van der Waals surface area contributed by atoms with Crippen LogP contribution in [0, 0.1) is 0 Å². The molecule has 2 aromatic rings. The lowest BCUT2D eigenvalue weighted by Gasteiger charge is -2.07.